The number of aromatic nitrogens is 2. The van der Waals surface area contributed by atoms with Crippen molar-refractivity contribution >= 4 is 29.9 Å². The number of ether oxygens (including phenoxy) is 1. The quantitative estimate of drug-likeness (QED) is 0.523. The number of hydrogen-bond acceptors (Lipinski definition) is 9. The number of nitriles is 1. The van der Waals surface area contributed by atoms with Crippen LogP contribution in [0.2, 0.25) is 0 Å². The molecule has 2 aromatic heterocycles. The first-order valence-electron chi connectivity index (χ1n) is 10.9. The average Bonchev–Trinajstić information content (AvgIpc) is 2.85. The summed E-state index contributed by atoms with van der Waals surface area (Å²) in [5.74, 6) is 0.493. The van der Waals surface area contributed by atoms with Crippen molar-refractivity contribution in [1.29, 1.82) is 5.26 Å². The molecule has 0 saturated carbocycles. The number of aliphatic hydroxyl groups is 1. The molecule has 0 unspecified atom stereocenters. The summed E-state index contributed by atoms with van der Waals surface area (Å²) < 4.78 is 5.51. The molecular weight excluding hydrogens is 454 g/mol. The summed E-state index contributed by atoms with van der Waals surface area (Å²) in [5, 5.41) is 21.0. The van der Waals surface area contributed by atoms with E-state index in [9.17, 15) is 24.8 Å². The molecule has 3 heterocycles. The molecule has 3 rings (SSSR count). The van der Waals surface area contributed by atoms with E-state index in [4.69, 9.17) is 4.74 Å². The number of nitrogens with one attached hydrogen (secondary N) is 1. The van der Waals surface area contributed by atoms with E-state index in [0.717, 1.165) is 6.54 Å². The zero-order chi connectivity index (χ0) is 25.5. The highest BCUT2D eigenvalue weighted by atomic mass is 16.5. The lowest BCUT2D eigenvalue weighted by Gasteiger charge is -2.32. The van der Waals surface area contributed by atoms with Crippen molar-refractivity contribution in [2.45, 2.75) is 19.6 Å². The zero-order valence-corrected chi connectivity index (χ0v) is 19.8. The molecule has 1 aliphatic heterocycles. The Morgan fingerprint density at radius 2 is 2.20 bits per heavy atom. The van der Waals surface area contributed by atoms with Crippen LogP contribution in [0.5, 0.6) is 5.75 Å². The van der Waals surface area contributed by atoms with Crippen molar-refractivity contribution in [2.75, 3.05) is 50.6 Å². The third kappa shape index (κ3) is 6.28. The van der Waals surface area contributed by atoms with Gasteiger partial charge in [0.15, 0.2) is 6.29 Å². The predicted octanol–water partition coefficient (Wildman–Crippen LogP) is 0.863. The van der Waals surface area contributed by atoms with Gasteiger partial charge in [-0.25, -0.2) is 14.8 Å². The zero-order valence-electron chi connectivity index (χ0n) is 19.8. The second-order valence-electron chi connectivity index (χ2n) is 8.16. The van der Waals surface area contributed by atoms with Gasteiger partial charge in [-0.1, -0.05) is 6.07 Å². The van der Waals surface area contributed by atoms with Gasteiger partial charge in [-0.2, -0.15) is 5.26 Å². The van der Waals surface area contributed by atoms with E-state index in [-0.39, 0.29) is 47.7 Å². The van der Waals surface area contributed by atoms with Gasteiger partial charge in [0.2, 0.25) is 5.91 Å². The van der Waals surface area contributed by atoms with Crippen molar-refractivity contribution in [1.82, 2.24) is 19.8 Å². The molecule has 1 atom stereocenters. The van der Waals surface area contributed by atoms with Gasteiger partial charge in [-0.05, 0) is 20.0 Å². The fraction of sp³-hybridized carbons (Fsp3) is 0.391. The number of aliphatic hydroxyl groups excluding tert-OH is 1. The minimum Gasteiger partial charge on any atom is -0.487 e. The largest absolute Gasteiger partial charge is 0.487 e. The summed E-state index contributed by atoms with van der Waals surface area (Å²) in [6.45, 7) is 3.26. The average molecular weight is 482 g/mol. The SMILES string of the molecule is C[C@@H](CO)Oc1cc(NC(=O)N(C)c2ccc(CN3CCN(C)CC3=O)c(C=O)n2)ncc1C#N. The molecule has 1 fully saturated rings. The topological polar surface area (TPSA) is 152 Å². The molecule has 12 nitrogen and oxygen atoms in total. The van der Waals surface area contributed by atoms with Gasteiger partial charge >= 0.3 is 6.03 Å². The molecule has 3 amide bonds. The Hall–Kier alpha value is -4.08. The smallest absolute Gasteiger partial charge is 0.328 e. The van der Waals surface area contributed by atoms with Crippen LogP contribution in [0.15, 0.2) is 24.4 Å². The van der Waals surface area contributed by atoms with E-state index in [2.05, 4.69) is 15.3 Å². The van der Waals surface area contributed by atoms with E-state index >= 15 is 0 Å². The lowest BCUT2D eigenvalue weighted by Crippen LogP contribution is -2.48. The van der Waals surface area contributed by atoms with Gasteiger partial charge in [-0.15, -0.1) is 0 Å². The second kappa shape index (κ2) is 11.4. The minimum absolute atomic E-state index is 0.0252. The highest BCUT2D eigenvalue weighted by Gasteiger charge is 2.23. The van der Waals surface area contributed by atoms with Crippen molar-refractivity contribution in [3.05, 3.63) is 41.2 Å². The maximum atomic E-state index is 12.8. The Bertz CT molecular complexity index is 1150. The number of aldehydes is 1. The summed E-state index contributed by atoms with van der Waals surface area (Å²) in [4.78, 5) is 49.9. The number of urea groups is 1. The summed E-state index contributed by atoms with van der Waals surface area (Å²) in [6, 6.07) is 6.00. The molecule has 184 valence electrons. The molecule has 0 radical (unpaired) electrons. The highest BCUT2D eigenvalue weighted by Crippen LogP contribution is 2.23. The maximum Gasteiger partial charge on any atom is 0.328 e. The Morgan fingerprint density at radius 1 is 1.43 bits per heavy atom. The number of likely N-dealkylation sites (N-methyl/N-ethyl adjacent to an activating group) is 1. The third-order valence-electron chi connectivity index (χ3n) is 5.43. The summed E-state index contributed by atoms with van der Waals surface area (Å²) in [7, 11) is 3.35. The molecule has 0 aliphatic carbocycles. The van der Waals surface area contributed by atoms with Crippen molar-refractivity contribution in [3.8, 4) is 11.8 Å². The van der Waals surface area contributed by atoms with Crippen molar-refractivity contribution < 1.29 is 24.2 Å². The Morgan fingerprint density at radius 3 is 2.86 bits per heavy atom. The van der Waals surface area contributed by atoms with E-state index in [0.29, 0.717) is 24.9 Å². The molecule has 2 aromatic rings. The van der Waals surface area contributed by atoms with E-state index in [1.165, 1.54) is 24.2 Å². The molecular formula is C23H27N7O5. The van der Waals surface area contributed by atoms with Crippen LogP contribution >= 0.6 is 0 Å². The second-order valence-corrected chi connectivity index (χ2v) is 8.16. The molecule has 35 heavy (non-hydrogen) atoms. The molecule has 0 spiro atoms. The van der Waals surface area contributed by atoms with Crippen LogP contribution in [-0.4, -0.2) is 89.5 Å². The van der Waals surface area contributed by atoms with Gasteiger partial charge in [-0.3, -0.25) is 24.7 Å². The molecule has 2 N–H and O–H groups in total. The van der Waals surface area contributed by atoms with Crippen molar-refractivity contribution in [2.24, 2.45) is 0 Å². The van der Waals surface area contributed by atoms with E-state index in [1.54, 1.807) is 24.0 Å². The Balaban J connectivity index is 1.73. The number of anilines is 2. The summed E-state index contributed by atoms with van der Waals surface area (Å²) in [5.41, 5.74) is 0.881. The Labute approximate surface area is 202 Å². The number of piperazine rings is 1. The summed E-state index contributed by atoms with van der Waals surface area (Å²) in [6.07, 6.45) is 1.30. The first kappa shape index (κ1) is 25.5. The monoisotopic (exact) mass is 481 g/mol. The molecule has 1 aliphatic rings. The van der Waals surface area contributed by atoms with E-state index < -0.39 is 12.1 Å². The summed E-state index contributed by atoms with van der Waals surface area (Å²) >= 11 is 0. The number of pyridine rings is 2. The van der Waals surface area contributed by atoms with Gasteiger partial charge in [0.25, 0.3) is 0 Å². The van der Waals surface area contributed by atoms with Gasteiger partial charge in [0.1, 0.15) is 40.8 Å². The van der Waals surface area contributed by atoms with Crippen LogP contribution in [0.4, 0.5) is 16.4 Å². The number of rotatable bonds is 8. The number of nitrogens with zero attached hydrogens (tertiary/aromatic N) is 6. The van der Waals surface area contributed by atoms with Gasteiger partial charge < -0.3 is 14.7 Å². The molecule has 0 bridgehead atoms. The minimum atomic E-state index is -0.588. The fourth-order valence-corrected chi connectivity index (χ4v) is 3.35. The molecule has 12 heteroatoms. The van der Waals surface area contributed by atoms with Gasteiger partial charge in [0, 0.05) is 38.3 Å². The van der Waals surface area contributed by atoms with Crippen LogP contribution in [0.1, 0.15) is 28.5 Å². The van der Waals surface area contributed by atoms with E-state index in [1.807, 2.05) is 18.0 Å². The van der Waals surface area contributed by atoms with Crippen LogP contribution < -0.4 is 15.0 Å². The number of carbonyl (C=O) groups excluding carboxylic acids is 3. The number of carbonyl (C=O) groups is 3. The molecule has 1 saturated heterocycles. The van der Waals surface area contributed by atoms with Crippen LogP contribution in [-0.2, 0) is 11.3 Å². The van der Waals surface area contributed by atoms with Crippen LogP contribution in [0.3, 0.4) is 0 Å². The molecule has 0 aromatic carbocycles. The lowest BCUT2D eigenvalue weighted by molar-refractivity contribution is -0.136. The third-order valence-corrected chi connectivity index (χ3v) is 5.43. The normalized spacial score (nSPS) is 14.7. The van der Waals surface area contributed by atoms with Crippen LogP contribution in [0.25, 0.3) is 0 Å². The predicted molar refractivity (Wildman–Crippen MR) is 126 cm³/mol. The fourth-order valence-electron chi connectivity index (χ4n) is 3.35. The standard InChI is InChI=1S/C23H27N7O5/c1-15(13-31)35-19-8-20(25-10-17(19)9-24)27-23(34)29(3)21-5-4-16(18(14-32)26-21)11-30-7-6-28(2)12-22(30)33/h4-5,8,10,14-15,31H,6-7,11-13H2,1-3H3,(H,25,27,34)/t15-/m0/s1. The number of hydrogen-bond donors (Lipinski definition) is 2. The first-order valence-corrected chi connectivity index (χ1v) is 10.9. The van der Waals surface area contributed by atoms with Crippen LogP contribution in [0, 0.1) is 11.3 Å². The number of amides is 3. The van der Waals surface area contributed by atoms with Crippen molar-refractivity contribution in [3.63, 3.8) is 0 Å². The van der Waals surface area contributed by atoms with Gasteiger partial charge in [0.05, 0.1) is 19.3 Å². The Kier molecular flexibility index (Phi) is 8.30. The first-order chi connectivity index (χ1) is 16.7. The maximum absolute atomic E-state index is 12.8. The highest BCUT2D eigenvalue weighted by molar-refractivity contribution is 6.00. The lowest BCUT2D eigenvalue weighted by atomic mass is 10.1.